The molecule has 2 aliphatic rings. The fraction of sp³-hybridized carbons (Fsp3) is 0.500. The number of nitrogens with zero attached hydrogens (tertiary/aromatic N) is 2. The quantitative estimate of drug-likeness (QED) is 0.480. The van der Waals surface area contributed by atoms with Crippen molar-refractivity contribution >= 4 is 17.3 Å². The number of hydrogen-bond donors (Lipinski definition) is 0. The van der Waals surface area contributed by atoms with Crippen molar-refractivity contribution in [3.05, 3.63) is 44.0 Å². The van der Waals surface area contributed by atoms with Crippen LogP contribution in [0.25, 0.3) is 0 Å². The second-order valence-corrected chi connectivity index (χ2v) is 5.87. The van der Waals surface area contributed by atoms with Crippen molar-refractivity contribution in [3.63, 3.8) is 0 Å². The summed E-state index contributed by atoms with van der Waals surface area (Å²) in [4.78, 5) is 32.3. The van der Waals surface area contributed by atoms with E-state index in [2.05, 4.69) is 0 Å². The molecule has 3 rings (SSSR count). The number of benzene rings is 1. The minimum Gasteiger partial charge on any atom is -0.458 e. The molecule has 0 N–H and O–H groups in total. The minimum absolute atomic E-state index is 0.149. The highest BCUT2D eigenvalue weighted by Crippen LogP contribution is 2.46. The lowest BCUT2D eigenvalue weighted by Crippen LogP contribution is -2.24. The summed E-state index contributed by atoms with van der Waals surface area (Å²) < 4.78 is 5.42. The summed E-state index contributed by atoms with van der Waals surface area (Å²) >= 11 is 0. The summed E-state index contributed by atoms with van der Waals surface area (Å²) in [6.07, 6.45) is 3.86. The van der Waals surface area contributed by atoms with Crippen molar-refractivity contribution in [1.82, 2.24) is 0 Å². The van der Waals surface area contributed by atoms with E-state index in [0.717, 1.165) is 43.9 Å². The van der Waals surface area contributed by atoms with E-state index in [0.29, 0.717) is 11.8 Å². The predicted octanol–water partition coefficient (Wildman–Crippen LogP) is 2.85. The fourth-order valence-electron chi connectivity index (χ4n) is 3.46. The molecule has 0 radical (unpaired) electrons. The topological polar surface area (TPSA) is 113 Å². The van der Waals surface area contributed by atoms with Gasteiger partial charge >= 0.3 is 5.97 Å². The molecule has 2 saturated carbocycles. The Hall–Kier alpha value is -2.51. The second-order valence-electron chi connectivity index (χ2n) is 5.87. The molecule has 0 aliphatic heterocycles. The molecule has 0 heterocycles. The number of carbonyl (C=O) groups excluding carboxylic acids is 1. The molecule has 0 spiro atoms. The Morgan fingerprint density at radius 3 is 2.14 bits per heavy atom. The Kier molecular flexibility index (Phi) is 3.51. The summed E-state index contributed by atoms with van der Waals surface area (Å²) in [5, 5.41) is 21.7. The lowest BCUT2D eigenvalue weighted by molar-refractivity contribution is -0.394. The number of nitro benzene ring substituents is 2. The van der Waals surface area contributed by atoms with E-state index < -0.39 is 27.2 Å². The highest BCUT2D eigenvalue weighted by atomic mass is 16.6. The third kappa shape index (κ3) is 2.63. The SMILES string of the molecule is O=C(O[C@H]1C[C@H]2CC[C@@H]1C2)c1cc([N+](=O)[O-])cc([N+](=O)[O-])c1. The number of rotatable bonds is 4. The smallest absolute Gasteiger partial charge is 0.338 e. The number of non-ortho nitro benzene ring substituents is 2. The first-order valence-corrected chi connectivity index (χ1v) is 7.09. The van der Waals surface area contributed by atoms with E-state index in [4.69, 9.17) is 4.74 Å². The van der Waals surface area contributed by atoms with Gasteiger partial charge in [-0.3, -0.25) is 20.2 Å². The molecular weight excluding hydrogens is 292 g/mol. The molecule has 1 aromatic carbocycles. The molecule has 8 nitrogen and oxygen atoms in total. The van der Waals surface area contributed by atoms with Crippen LogP contribution in [-0.4, -0.2) is 21.9 Å². The molecule has 2 bridgehead atoms. The normalized spacial score (nSPS) is 25.9. The first-order chi connectivity index (χ1) is 10.4. The standard InChI is InChI=1S/C14H14N2O6/c17-14(22-13-4-8-1-2-9(13)3-8)10-5-11(15(18)19)7-12(6-10)16(20)21/h5-9,13H,1-4H2/t8-,9+,13-/m0/s1. The Balaban J connectivity index is 1.82. The van der Waals surface area contributed by atoms with Crippen molar-refractivity contribution in [2.75, 3.05) is 0 Å². The number of ether oxygens (including phenoxy) is 1. The van der Waals surface area contributed by atoms with Gasteiger partial charge in [-0.05, 0) is 37.5 Å². The van der Waals surface area contributed by atoms with Crippen LogP contribution in [0.4, 0.5) is 11.4 Å². The third-order valence-corrected chi connectivity index (χ3v) is 4.49. The molecule has 0 unspecified atom stereocenters. The number of esters is 1. The van der Waals surface area contributed by atoms with Gasteiger partial charge in [0.25, 0.3) is 11.4 Å². The molecule has 2 aliphatic carbocycles. The van der Waals surface area contributed by atoms with E-state index in [-0.39, 0.29) is 11.7 Å². The van der Waals surface area contributed by atoms with Crippen LogP contribution in [0.5, 0.6) is 0 Å². The summed E-state index contributed by atoms with van der Waals surface area (Å²) in [5.41, 5.74) is -1.13. The van der Waals surface area contributed by atoms with Crippen molar-refractivity contribution in [2.24, 2.45) is 11.8 Å². The highest BCUT2D eigenvalue weighted by molar-refractivity contribution is 5.91. The average molecular weight is 306 g/mol. The van der Waals surface area contributed by atoms with Crippen molar-refractivity contribution in [3.8, 4) is 0 Å². The number of carbonyl (C=O) groups is 1. The molecule has 2 fully saturated rings. The van der Waals surface area contributed by atoms with Crippen LogP contribution in [0.3, 0.4) is 0 Å². The Morgan fingerprint density at radius 1 is 1.05 bits per heavy atom. The van der Waals surface area contributed by atoms with Gasteiger partial charge in [-0.15, -0.1) is 0 Å². The van der Waals surface area contributed by atoms with E-state index in [1.165, 1.54) is 0 Å². The van der Waals surface area contributed by atoms with Crippen LogP contribution in [0.2, 0.25) is 0 Å². The summed E-state index contributed by atoms with van der Waals surface area (Å²) in [5.74, 6) is 0.203. The van der Waals surface area contributed by atoms with Gasteiger partial charge in [0.05, 0.1) is 21.5 Å². The van der Waals surface area contributed by atoms with Gasteiger partial charge in [0.1, 0.15) is 6.10 Å². The van der Waals surface area contributed by atoms with Gasteiger partial charge in [-0.1, -0.05) is 0 Å². The average Bonchev–Trinajstić information content (AvgIpc) is 3.09. The minimum atomic E-state index is -0.763. The number of nitro groups is 2. The zero-order chi connectivity index (χ0) is 15.9. The molecule has 22 heavy (non-hydrogen) atoms. The number of fused-ring (bicyclic) bond motifs is 2. The largest absolute Gasteiger partial charge is 0.458 e. The van der Waals surface area contributed by atoms with Gasteiger partial charge in [-0.25, -0.2) is 4.79 Å². The van der Waals surface area contributed by atoms with Gasteiger partial charge in [0.2, 0.25) is 0 Å². The molecule has 116 valence electrons. The summed E-state index contributed by atoms with van der Waals surface area (Å²) in [6.45, 7) is 0. The fourth-order valence-corrected chi connectivity index (χ4v) is 3.46. The van der Waals surface area contributed by atoms with Gasteiger partial charge in [0.15, 0.2) is 0 Å². The molecular formula is C14H14N2O6. The first-order valence-electron chi connectivity index (χ1n) is 7.09. The van der Waals surface area contributed by atoms with Crippen LogP contribution >= 0.6 is 0 Å². The maximum atomic E-state index is 12.2. The predicted molar refractivity (Wildman–Crippen MR) is 74.4 cm³/mol. The van der Waals surface area contributed by atoms with E-state index >= 15 is 0 Å². The highest BCUT2D eigenvalue weighted by Gasteiger charge is 2.42. The van der Waals surface area contributed by atoms with Crippen LogP contribution in [0.1, 0.15) is 36.0 Å². The zero-order valence-electron chi connectivity index (χ0n) is 11.6. The van der Waals surface area contributed by atoms with Crippen molar-refractivity contribution in [1.29, 1.82) is 0 Å². The van der Waals surface area contributed by atoms with Gasteiger partial charge in [-0.2, -0.15) is 0 Å². The van der Waals surface area contributed by atoms with Crippen molar-refractivity contribution in [2.45, 2.75) is 31.8 Å². The number of hydrogen-bond acceptors (Lipinski definition) is 6. The van der Waals surface area contributed by atoms with E-state index in [1.807, 2.05) is 0 Å². The van der Waals surface area contributed by atoms with E-state index in [9.17, 15) is 25.0 Å². The molecule has 3 atom stereocenters. The Bertz CT molecular complexity index is 626. The molecule has 0 saturated heterocycles. The monoisotopic (exact) mass is 306 g/mol. The molecule has 0 aromatic heterocycles. The summed E-state index contributed by atoms with van der Waals surface area (Å²) in [7, 11) is 0. The van der Waals surface area contributed by atoms with Gasteiger partial charge in [0, 0.05) is 12.1 Å². The Labute approximate surface area is 125 Å². The lowest BCUT2D eigenvalue weighted by Gasteiger charge is -2.21. The van der Waals surface area contributed by atoms with Crippen LogP contribution in [0, 0.1) is 32.1 Å². The van der Waals surface area contributed by atoms with Crippen LogP contribution < -0.4 is 0 Å². The second kappa shape index (κ2) is 5.36. The zero-order valence-corrected chi connectivity index (χ0v) is 11.6. The van der Waals surface area contributed by atoms with Crippen LogP contribution in [-0.2, 0) is 4.74 Å². The molecule has 0 amide bonds. The Morgan fingerprint density at radius 2 is 1.68 bits per heavy atom. The third-order valence-electron chi connectivity index (χ3n) is 4.49. The molecule has 8 heteroatoms. The van der Waals surface area contributed by atoms with Gasteiger partial charge < -0.3 is 4.74 Å². The van der Waals surface area contributed by atoms with E-state index in [1.54, 1.807) is 0 Å². The van der Waals surface area contributed by atoms with Crippen LogP contribution in [0.15, 0.2) is 18.2 Å². The maximum absolute atomic E-state index is 12.2. The molecule has 1 aromatic rings. The first kappa shape index (κ1) is 14.4. The maximum Gasteiger partial charge on any atom is 0.338 e. The van der Waals surface area contributed by atoms with Crippen molar-refractivity contribution < 1.29 is 19.4 Å². The lowest BCUT2D eigenvalue weighted by atomic mass is 9.98. The summed E-state index contributed by atoms with van der Waals surface area (Å²) in [6, 6.07) is 2.86.